The lowest BCUT2D eigenvalue weighted by atomic mass is 10.2. The van der Waals surface area contributed by atoms with Crippen LogP contribution in [-0.2, 0) is 11.2 Å². The highest BCUT2D eigenvalue weighted by atomic mass is 16.1. The number of aromatic amines is 1. The largest absolute Gasteiger partial charge is 0.353 e. The molecule has 0 saturated carbocycles. The number of imidazole rings is 1. The standard InChI is InChI=1S/C9H16N4O/c1-7(13-9(14)2-3-10)4-8-5-11-6-12-8/h5-7H,2-4,10H2,1H3,(H,11,12)(H,13,14)/t7-/m1/s1. The number of rotatable bonds is 5. The van der Waals surface area contributed by atoms with Crippen molar-refractivity contribution in [1.82, 2.24) is 15.3 Å². The molecule has 1 amide bonds. The normalized spacial score (nSPS) is 12.4. The van der Waals surface area contributed by atoms with Crippen LogP contribution in [0.5, 0.6) is 0 Å². The van der Waals surface area contributed by atoms with E-state index in [2.05, 4.69) is 15.3 Å². The fourth-order valence-corrected chi connectivity index (χ4v) is 1.26. The smallest absolute Gasteiger partial charge is 0.221 e. The number of amides is 1. The lowest BCUT2D eigenvalue weighted by Gasteiger charge is -2.12. The molecule has 0 saturated heterocycles. The molecular weight excluding hydrogens is 180 g/mol. The zero-order chi connectivity index (χ0) is 10.4. The van der Waals surface area contributed by atoms with E-state index < -0.39 is 0 Å². The van der Waals surface area contributed by atoms with Crippen LogP contribution in [0.4, 0.5) is 0 Å². The van der Waals surface area contributed by atoms with Gasteiger partial charge < -0.3 is 16.0 Å². The van der Waals surface area contributed by atoms with Crippen molar-refractivity contribution in [3.8, 4) is 0 Å². The fourth-order valence-electron chi connectivity index (χ4n) is 1.26. The van der Waals surface area contributed by atoms with Crippen LogP contribution in [0.2, 0.25) is 0 Å². The van der Waals surface area contributed by atoms with E-state index in [9.17, 15) is 4.79 Å². The summed E-state index contributed by atoms with van der Waals surface area (Å²) in [6.07, 6.45) is 4.53. The predicted molar refractivity (Wildman–Crippen MR) is 53.6 cm³/mol. The molecule has 14 heavy (non-hydrogen) atoms. The Kier molecular flexibility index (Phi) is 4.12. The van der Waals surface area contributed by atoms with Gasteiger partial charge in [0, 0.05) is 37.3 Å². The molecule has 1 rings (SSSR count). The van der Waals surface area contributed by atoms with Crippen molar-refractivity contribution < 1.29 is 4.79 Å². The number of carbonyl (C=O) groups excluding carboxylic acids is 1. The predicted octanol–water partition coefficient (Wildman–Crippen LogP) is -0.194. The van der Waals surface area contributed by atoms with Crippen molar-refractivity contribution in [2.24, 2.45) is 5.73 Å². The number of carbonyl (C=O) groups is 1. The summed E-state index contributed by atoms with van der Waals surface area (Å²) in [5, 5.41) is 2.85. The number of hydrogen-bond acceptors (Lipinski definition) is 3. The monoisotopic (exact) mass is 196 g/mol. The summed E-state index contributed by atoms with van der Waals surface area (Å²) in [5.41, 5.74) is 6.28. The van der Waals surface area contributed by atoms with Crippen LogP contribution in [0, 0.1) is 0 Å². The van der Waals surface area contributed by atoms with E-state index in [1.165, 1.54) is 0 Å². The zero-order valence-corrected chi connectivity index (χ0v) is 8.29. The number of aromatic nitrogens is 2. The first-order chi connectivity index (χ1) is 6.72. The van der Waals surface area contributed by atoms with Crippen LogP contribution in [0.25, 0.3) is 0 Å². The van der Waals surface area contributed by atoms with Crippen molar-refractivity contribution in [3.05, 3.63) is 18.2 Å². The van der Waals surface area contributed by atoms with Crippen molar-refractivity contribution in [2.75, 3.05) is 6.54 Å². The molecule has 0 aliphatic carbocycles. The molecule has 0 aromatic carbocycles. The third-order valence-electron chi connectivity index (χ3n) is 1.86. The average Bonchev–Trinajstić information content (AvgIpc) is 2.56. The van der Waals surface area contributed by atoms with Crippen LogP contribution in [0.1, 0.15) is 19.0 Å². The van der Waals surface area contributed by atoms with Gasteiger partial charge in [0.2, 0.25) is 5.91 Å². The van der Waals surface area contributed by atoms with Gasteiger partial charge in [-0.1, -0.05) is 0 Å². The van der Waals surface area contributed by atoms with Crippen LogP contribution in [0.15, 0.2) is 12.5 Å². The minimum absolute atomic E-state index is 0.000449. The maximum atomic E-state index is 11.2. The van der Waals surface area contributed by atoms with Crippen LogP contribution in [0.3, 0.4) is 0 Å². The van der Waals surface area contributed by atoms with Gasteiger partial charge in [-0.25, -0.2) is 4.98 Å². The van der Waals surface area contributed by atoms with Gasteiger partial charge in [-0.2, -0.15) is 0 Å². The van der Waals surface area contributed by atoms with E-state index in [1.807, 2.05) is 6.92 Å². The maximum absolute atomic E-state index is 11.2. The van der Waals surface area contributed by atoms with E-state index in [0.717, 1.165) is 12.1 Å². The molecule has 4 N–H and O–H groups in total. The highest BCUT2D eigenvalue weighted by Crippen LogP contribution is 1.97. The second-order valence-corrected chi connectivity index (χ2v) is 3.29. The van der Waals surface area contributed by atoms with Gasteiger partial charge in [-0.15, -0.1) is 0 Å². The second-order valence-electron chi connectivity index (χ2n) is 3.29. The Bertz CT molecular complexity index is 270. The minimum Gasteiger partial charge on any atom is -0.353 e. The van der Waals surface area contributed by atoms with E-state index in [4.69, 9.17) is 5.73 Å². The van der Waals surface area contributed by atoms with Crippen LogP contribution < -0.4 is 11.1 Å². The quantitative estimate of drug-likeness (QED) is 0.610. The van der Waals surface area contributed by atoms with Crippen molar-refractivity contribution in [3.63, 3.8) is 0 Å². The van der Waals surface area contributed by atoms with Crippen LogP contribution in [-0.4, -0.2) is 28.5 Å². The number of nitrogens with zero attached hydrogens (tertiary/aromatic N) is 1. The summed E-state index contributed by atoms with van der Waals surface area (Å²) >= 11 is 0. The van der Waals surface area contributed by atoms with Crippen molar-refractivity contribution >= 4 is 5.91 Å². The second kappa shape index (κ2) is 5.39. The topological polar surface area (TPSA) is 83.8 Å². The third-order valence-corrected chi connectivity index (χ3v) is 1.86. The Morgan fingerprint density at radius 1 is 1.79 bits per heavy atom. The molecule has 78 valence electrons. The summed E-state index contributed by atoms with van der Waals surface area (Å²) in [5.74, 6) is -0.000449. The number of H-pyrrole nitrogens is 1. The first-order valence-electron chi connectivity index (χ1n) is 4.69. The Hall–Kier alpha value is -1.36. The zero-order valence-electron chi connectivity index (χ0n) is 8.29. The molecule has 1 aromatic heterocycles. The summed E-state index contributed by atoms with van der Waals surface area (Å²) in [7, 11) is 0. The van der Waals surface area contributed by atoms with E-state index in [-0.39, 0.29) is 11.9 Å². The average molecular weight is 196 g/mol. The van der Waals surface area contributed by atoms with Gasteiger partial charge in [0.1, 0.15) is 0 Å². The molecule has 0 aliphatic rings. The molecule has 1 aromatic rings. The first-order valence-corrected chi connectivity index (χ1v) is 4.69. The summed E-state index contributed by atoms with van der Waals surface area (Å²) in [6.45, 7) is 2.35. The molecule has 5 heteroatoms. The molecule has 0 unspecified atom stereocenters. The van der Waals surface area contributed by atoms with Gasteiger partial charge in [0.15, 0.2) is 0 Å². The van der Waals surface area contributed by atoms with Crippen LogP contribution >= 0.6 is 0 Å². The molecule has 0 spiro atoms. The lowest BCUT2D eigenvalue weighted by Crippen LogP contribution is -2.35. The highest BCUT2D eigenvalue weighted by Gasteiger charge is 2.07. The van der Waals surface area contributed by atoms with Gasteiger partial charge >= 0.3 is 0 Å². The first kappa shape index (κ1) is 10.7. The molecular formula is C9H16N4O. The molecule has 1 atom stereocenters. The van der Waals surface area contributed by atoms with Gasteiger partial charge in [0.05, 0.1) is 6.33 Å². The van der Waals surface area contributed by atoms with Gasteiger partial charge in [-0.05, 0) is 6.92 Å². The van der Waals surface area contributed by atoms with Crippen molar-refractivity contribution in [2.45, 2.75) is 25.8 Å². The molecule has 0 radical (unpaired) electrons. The van der Waals surface area contributed by atoms with Gasteiger partial charge in [-0.3, -0.25) is 4.79 Å². The number of nitrogens with two attached hydrogens (primary N) is 1. The molecule has 1 heterocycles. The minimum atomic E-state index is -0.000449. The van der Waals surface area contributed by atoms with E-state index >= 15 is 0 Å². The Labute approximate surface area is 83.1 Å². The summed E-state index contributed by atoms with van der Waals surface area (Å²) < 4.78 is 0. The molecule has 0 bridgehead atoms. The van der Waals surface area contributed by atoms with Gasteiger partial charge in [0.25, 0.3) is 0 Å². The Morgan fingerprint density at radius 2 is 2.57 bits per heavy atom. The van der Waals surface area contributed by atoms with E-state index in [1.54, 1.807) is 12.5 Å². The molecule has 0 fully saturated rings. The third kappa shape index (κ3) is 3.57. The number of hydrogen-bond donors (Lipinski definition) is 3. The maximum Gasteiger partial charge on any atom is 0.221 e. The highest BCUT2D eigenvalue weighted by molar-refractivity contribution is 5.76. The van der Waals surface area contributed by atoms with E-state index in [0.29, 0.717) is 13.0 Å². The Balaban J connectivity index is 2.29. The SMILES string of the molecule is C[C@H](Cc1cnc[nH]1)NC(=O)CCN. The summed E-state index contributed by atoms with van der Waals surface area (Å²) in [4.78, 5) is 18.1. The molecule has 0 aliphatic heterocycles. The number of nitrogens with one attached hydrogen (secondary N) is 2. The fraction of sp³-hybridized carbons (Fsp3) is 0.556. The molecule has 5 nitrogen and oxygen atoms in total. The summed E-state index contributed by atoms with van der Waals surface area (Å²) in [6, 6.07) is 0.106. The lowest BCUT2D eigenvalue weighted by molar-refractivity contribution is -0.121. The Morgan fingerprint density at radius 3 is 3.14 bits per heavy atom. The van der Waals surface area contributed by atoms with Crippen molar-refractivity contribution in [1.29, 1.82) is 0 Å².